The van der Waals surface area contributed by atoms with E-state index in [1.165, 1.54) is 23.8 Å². The van der Waals surface area contributed by atoms with Crippen LogP contribution in [0, 0.1) is 0 Å². The molecule has 0 saturated carbocycles. The molecule has 0 atom stereocenters. The highest BCUT2D eigenvalue weighted by Crippen LogP contribution is 2.48. The van der Waals surface area contributed by atoms with Crippen molar-refractivity contribution in [3.8, 4) is 16.2 Å². The maximum atomic E-state index is 11.8. The molecule has 3 N–H and O–H groups in total. The van der Waals surface area contributed by atoms with E-state index in [0.29, 0.717) is 10.6 Å². The maximum absolute atomic E-state index is 11.8. The van der Waals surface area contributed by atoms with E-state index in [1.807, 2.05) is 12.1 Å². The van der Waals surface area contributed by atoms with Gasteiger partial charge in [-0.15, -0.1) is 11.3 Å². The zero-order chi connectivity index (χ0) is 15.9. The molecule has 3 rings (SSSR count). The number of nitrogens with two attached hydrogens (primary N) is 1. The first-order chi connectivity index (χ1) is 10.5. The molecule has 5 nitrogen and oxygen atoms in total. The highest BCUT2D eigenvalue weighted by Gasteiger charge is 2.29. The monoisotopic (exact) mass is 316 g/mol. The summed E-state index contributed by atoms with van der Waals surface area (Å²) in [6, 6.07) is 5.91. The van der Waals surface area contributed by atoms with Gasteiger partial charge in [0.2, 0.25) is 5.91 Å². The minimum absolute atomic E-state index is 0.221. The second-order valence-electron chi connectivity index (χ2n) is 5.15. The maximum Gasteiger partial charge on any atom is 0.252 e. The molecule has 22 heavy (non-hydrogen) atoms. The molecule has 0 unspecified atom stereocenters. The van der Waals surface area contributed by atoms with Crippen LogP contribution in [0.4, 0.5) is 5.00 Å². The number of hydrogen-bond donors (Lipinski definition) is 2. The van der Waals surface area contributed by atoms with E-state index in [0.717, 1.165) is 34.6 Å². The number of rotatable bonds is 3. The summed E-state index contributed by atoms with van der Waals surface area (Å²) in [4.78, 5) is 24.2. The topological polar surface area (TPSA) is 81.4 Å². The molecular formula is C16H16N2O3S. The van der Waals surface area contributed by atoms with Crippen LogP contribution >= 0.6 is 11.3 Å². The number of amides is 2. The van der Waals surface area contributed by atoms with Gasteiger partial charge in [0.05, 0.1) is 12.7 Å². The Balaban J connectivity index is 2.26. The van der Waals surface area contributed by atoms with Crippen molar-refractivity contribution < 1.29 is 14.3 Å². The normalized spacial score (nSPS) is 12.3. The van der Waals surface area contributed by atoms with Crippen LogP contribution in [0.3, 0.4) is 0 Å². The average molecular weight is 316 g/mol. The van der Waals surface area contributed by atoms with Gasteiger partial charge in [-0.3, -0.25) is 9.59 Å². The lowest BCUT2D eigenvalue weighted by atomic mass is 9.88. The van der Waals surface area contributed by atoms with Crippen LogP contribution in [0.15, 0.2) is 18.2 Å². The van der Waals surface area contributed by atoms with E-state index in [4.69, 9.17) is 10.5 Å². The molecule has 0 fully saturated rings. The lowest BCUT2D eigenvalue weighted by Gasteiger charge is -2.19. The number of anilines is 1. The van der Waals surface area contributed by atoms with E-state index in [1.54, 1.807) is 7.11 Å². The lowest BCUT2D eigenvalue weighted by molar-refractivity contribution is -0.114. The highest BCUT2D eigenvalue weighted by atomic mass is 32.1. The van der Waals surface area contributed by atoms with Crippen molar-refractivity contribution >= 4 is 28.2 Å². The molecule has 6 heteroatoms. The Morgan fingerprint density at radius 2 is 2.09 bits per heavy atom. The van der Waals surface area contributed by atoms with Gasteiger partial charge in [-0.05, 0) is 30.0 Å². The van der Waals surface area contributed by atoms with E-state index in [-0.39, 0.29) is 5.91 Å². The molecule has 0 aliphatic heterocycles. The second-order valence-corrected chi connectivity index (χ2v) is 6.17. The van der Waals surface area contributed by atoms with Gasteiger partial charge in [0.25, 0.3) is 5.91 Å². The van der Waals surface area contributed by atoms with Crippen molar-refractivity contribution in [1.29, 1.82) is 0 Å². The molecule has 1 aliphatic carbocycles. The van der Waals surface area contributed by atoms with Crippen molar-refractivity contribution in [2.45, 2.75) is 19.8 Å². The van der Waals surface area contributed by atoms with Gasteiger partial charge in [-0.2, -0.15) is 0 Å². The Bertz CT molecular complexity index is 766. The zero-order valence-corrected chi connectivity index (χ0v) is 13.2. The molecular weight excluding hydrogens is 300 g/mol. The standard InChI is InChI=1S/C16H16N2O3S/c1-8(19)18-16-13(15(17)20)10-7-6-9-4-3-5-11(21-2)12(9)14(10)22-16/h3-5H,6-7H2,1-2H3,(H2,17,20)(H,18,19). The molecule has 1 aromatic heterocycles. The summed E-state index contributed by atoms with van der Waals surface area (Å²) in [6.07, 6.45) is 1.54. The van der Waals surface area contributed by atoms with Crippen LogP contribution in [0.1, 0.15) is 28.4 Å². The number of primary amides is 1. The van der Waals surface area contributed by atoms with Crippen molar-refractivity contribution in [3.63, 3.8) is 0 Å². The Hall–Kier alpha value is -2.34. The van der Waals surface area contributed by atoms with Crippen molar-refractivity contribution in [1.82, 2.24) is 0 Å². The second kappa shape index (κ2) is 5.46. The van der Waals surface area contributed by atoms with E-state index in [9.17, 15) is 9.59 Å². The summed E-state index contributed by atoms with van der Waals surface area (Å²) in [6.45, 7) is 1.41. The average Bonchev–Trinajstić information content (AvgIpc) is 2.83. The molecule has 0 bridgehead atoms. The number of methoxy groups -OCH3 is 1. The summed E-state index contributed by atoms with van der Waals surface area (Å²) in [5.41, 5.74) is 9.03. The molecule has 0 saturated heterocycles. The first kappa shape index (κ1) is 14.6. The van der Waals surface area contributed by atoms with Crippen molar-refractivity contribution in [2.24, 2.45) is 5.73 Å². The fraction of sp³-hybridized carbons (Fsp3) is 0.250. The van der Waals surface area contributed by atoms with E-state index >= 15 is 0 Å². The number of benzene rings is 1. The fourth-order valence-corrected chi connectivity index (χ4v) is 4.27. The van der Waals surface area contributed by atoms with Gasteiger partial charge in [0, 0.05) is 17.4 Å². The third kappa shape index (κ3) is 2.25. The molecule has 1 heterocycles. The smallest absolute Gasteiger partial charge is 0.252 e. The van der Waals surface area contributed by atoms with Gasteiger partial charge >= 0.3 is 0 Å². The first-order valence-electron chi connectivity index (χ1n) is 6.92. The minimum Gasteiger partial charge on any atom is -0.496 e. The number of aryl methyl sites for hydroxylation is 1. The van der Waals surface area contributed by atoms with Crippen molar-refractivity contribution in [2.75, 3.05) is 12.4 Å². The SMILES string of the molecule is COc1cccc2c1-c1sc(NC(C)=O)c(C(N)=O)c1CC2. The summed E-state index contributed by atoms with van der Waals surface area (Å²) < 4.78 is 5.46. The van der Waals surface area contributed by atoms with Gasteiger partial charge in [-0.25, -0.2) is 0 Å². The molecule has 2 aromatic rings. The number of fused-ring (bicyclic) bond motifs is 3. The number of nitrogens with one attached hydrogen (secondary N) is 1. The molecule has 1 aliphatic rings. The minimum atomic E-state index is -0.514. The Morgan fingerprint density at radius 3 is 2.73 bits per heavy atom. The predicted molar refractivity (Wildman–Crippen MR) is 86.5 cm³/mol. The van der Waals surface area contributed by atoms with Gasteiger partial charge in [0.1, 0.15) is 10.8 Å². The largest absolute Gasteiger partial charge is 0.496 e. The predicted octanol–water partition coefficient (Wildman–Crippen LogP) is 2.58. The Morgan fingerprint density at radius 1 is 1.32 bits per heavy atom. The number of ether oxygens (including phenoxy) is 1. The first-order valence-corrected chi connectivity index (χ1v) is 7.74. The quantitative estimate of drug-likeness (QED) is 0.913. The molecule has 0 radical (unpaired) electrons. The summed E-state index contributed by atoms with van der Waals surface area (Å²) in [5.74, 6) is 0.0334. The van der Waals surface area contributed by atoms with Crippen LogP contribution in [-0.2, 0) is 17.6 Å². The summed E-state index contributed by atoms with van der Waals surface area (Å²) >= 11 is 1.38. The number of hydrogen-bond acceptors (Lipinski definition) is 4. The van der Waals surface area contributed by atoms with Gasteiger partial charge < -0.3 is 15.8 Å². The van der Waals surface area contributed by atoms with Gasteiger partial charge in [-0.1, -0.05) is 12.1 Å². The number of carbonyl (C=O) groups excluding carboxylic acids is 2. The third-order valence-corrected chi connectivity index (χ3v) is 4.91. The number of carbonyl (C=O) groups is 2. The van der Waals surface area contributed by atoms with Crippen LogP contribution in [-0.4, -0.2) is 18.9 Å². The summed E-state index contributed by atoms with van der Waals surface area (Å²) in [5, 5.41) is 3.24. The molecule has 1 aromatic carbocycles. The molecule has 114 valence electrons. The number of thiophene rings is 1. The van der Waals surface area contributed by atoms with E-state index in [2.05, 4.69) is 11.4 Å². The zero-order valence-electron chi connectivity index (χ0n) is 12.4. The fourth-order valence-electron chi connectivity index (χ4n) is 2.89. The van der Waals surface area contributed by atoms with Crippen molar-refractivity contribution in [3.05, 3.63) is 34.9 Å². The van der Waals surface area contributed by atoms with Gasteiger partial charge in [0.15, 0.2) is 0 Å². The highest BCUT2D eigenvalue weighted by molar-refractivity contribution is 7.20. The molecule has 0 spiro atoms. The van der Waals surface area contributed by atoms with E-state index < -0.39 is 5.91 Å². The van der Waals surface area contributed by atoms with Crippen LogP contribution < -0.4 is 15.8 Å². The van der Waals surface area contributed by atoms with Crippen LogP contribution in [0.2, 0.25) is 0 Å². The Kier molecular flexibility index (Phi) is 3.62. The third-order valence-electron chi connectivity index (χ3n) is 3.75. The lowest BCUT2D eigenvalue weighted by Crippen LogP contribution is -2.17. The van der Waals surface area contributed by atoms with Crippen LogP contribution in [0.25, 0.3) is 10.4 Å². The Labute approximate surface area is 132 Å². The summed E-state index contributed by atoms with van der Waals surface area (Å²) in [7, 11) is 1.63. The van der Waals surface area contributed by atoms with Crippen LogP contribution in [0.5, 0.6) is 5.75 Å². The molecule has 2 amide bonds.